The van der Waals surface area contributed by atoms with Gasteiger partial charge in [-0.15, -0.1) is 0 Å². The number of amides is 2. The second-order valence-electron chi connectivity index (χ2n) is 5.42. The van der Waals surface area contributed by atoms with E-state index in [1.165, 1.54) is 6.26 Å². The maximum Gasteiger partial charge on any atom is 0.258 e. The molecular weight excluding hydrogens is 272 g/mol. The molecule has 1 N–H and O–H groups in total. The van der Waals surface area contributed by atoms with Gasteiger partial charge in [0, 0.05) is 32.7 Å². The highest BCUT2D eigenvalue weighted by molar-refractivity contribution is 6.08. The Balaban J connectivity index is 1.80. The minimum Gasteiger partial charge on any atom is -0.468 e. The van der Waals surface area contributed by atoms with Crippen LogP contribution in [0.15, 0.2) is 10.7 Å². The largest absolute Gasteiger partial charge is 0.468 e. The summed E-state index contributed by atoms with van der Waals surface area (Å²) in [6.45, 7) is 4.45. The SMILES string of the molecule is CCO[C@H]1CCN(C(=O)c2coc3c2C(=O)NCCC3)C1. The van der Waals surface area contributed by atoms with Gasteiger partial charge in [-0.25, -0.2) is 0 Å². The molecule has 2 amide bonds. The molecule has 0 unspecified atom stereocenters. The molecule has 0 radical (unpaired) electrons. The van der Waals surface area contributed by atoms with E-state index in [9.17, 15) is 9.59 Å². The number of nitrogens with zero attached hydrogens (tertiary/aromatic N) is 1. The Kier molecular flexibility index (Phi) is 3.96. The quantitative estimate of drug-likeness (QED) is 0.909. The third-order valence-corrected chi connectivity index (χ3v) is 4.03. The molecule has 1 aromatic heterocycles. The van der Waals surface area contributed by atoms with Crippen molar-refractivity contribution in [1.29, 1.82) is 0 Å². The molecule has 3 heterocycles. The van der Waals surface area contributed by atoms with Crippen molar-refractivity contribution in [3.8, 4) is 0 Å². The number of likely N-dealkylation sites (tertiary alicyclic amines) is 1. The van der Waals surface area contributed by atoms with E-state index in [0.29, 0.717) is 49.5 Å². The van der Waals surface area contributed by atoms with Crippen LogP contribution in [-0.4, -0.2) is 49.1 Å². The van der Waals surface area contributed by atoms with E-state index < -0.39 is 0 Å². The van der Waals surface area contributed by atoms with Gasteiger partial charge < -0.3 is 19.4 Å². The highest BCUT2D eigenvalue weighted by Crippen LogP contribution is 2.24. The summed E-state index contributed by atoms with van der Waals surface area (Å²) in [5.41, 5.74) is 0.791. The van der Waals surface area contributed by atoms with Gasteiger partial charge in [0.25, 0.3) is 11.8 Å². The maximum atomic E-state index is 12.6. The number of aryl methyl sites for hydroxylation is 1. The summed E-state index contributed by atoms with van der Waals surface area (Å²) in [5.74, 6) is 0.272. The fourth-order valence-corrected chi connectivity index (χ4v) is 2.98. The van der Waals surface area contributed by atoms with Crippen molar-refractivity contribution in [1.82, 2.24) is 10.2 Å². The molecule has 1 fully saturated rings. The first-order valence-corrected chi connectivity index (χ1v) is 7.50. The molecule has 3 rings (SSSR count). The van der Waals surface area contributed by atoms with E-state index >= 15 is 0 Å². The third-order valence-electron chi connectivity index (χ3n) is 4.03. The van der Waals surface area contributed by atoms with Crippen LogP contribution in [0.2, 0.25) is 0 Å². The van der Waals surface area contributed by atoms with Crippen LogP contribution in [0.25, 0.3) is 0 Å². The Morgan fingerprint density at radius 2 is 2.43 bits per heavy atom. The van der Waals surface area contributed by atoms with Crippen LogP contribution in [0.5, 0.6) is 0 Å². The van der Waals surface area contributed by atoms with Gasteiger partial charge in [-0.3, -0.25) is 9.59 Å². The monoisotopic (exact) mass is 292 g/mol. The molecule has 0 spiro atoms. The minimum absolute atomic E-state index is 0.0956. The lowest BCUT2D eigenvalue weighted by Crippen LogP contribution is -2.32. The number of carbonyl (C=O) groups excluding carboxylic acids is 2. The predicted molar refractivity (Wildman–Crippen MR) is 75.3 cm³/mol. The summed E-state index contributed by atoms with van der Waals surface area (Å²) in [5, 5.41) is 2.81. The number of hydrogen-bond acceptors (Lipinski definition) is 4. The normalized spacial score (nSPS) is 21.9. The molecule has 2 aliphatic heterocycles. The van der Waals surface area contributed by atoms with Crippen molar-refractivity contribution < 1.29 is 18.7 Å². The van der Waals surface area contributed by atoms with Crippen LogP contribution < -0.4 is 5.32 Å². The van der Waals surface area contributed by atoms with Crippen LogP contribution in [0.3, 0.4) is 0 Å². The number of rotatable bonds is 3. The van der Waals surface area contributed by atoms with Gasteiger partial charge in [0.05, 0.1) is 17.2 Å². The molecule has 0 saturated carbocycles. The van der Waals surface area contributed by atoms with E-state index in [4.69, 9.17) is 9.15 Å². The van der Waals surface area contributed by atoms with Gasteiger partial charge in [-0.1, -0.05) is 0 Å². The molecule has 21 heavy (non-hydrogen) atoms. The van der Waals surface area contributed by atoms with Gasteiger partial charge in [0.2, 0.25) is 0 Å². The summed E-state index contributed by atoms with van der Waals surface area (Å²) in [7, 11) is 0. The standard InChI is InChI=1S/C15H20N2O4/c1-2-20-10-5-7-17(8-10)15(19)11-9-21-12-4-3-6-16-14(18)13(11)12/h9-10H,2-8H2,1H3,(H,16,18)/t10-/m0/s1. The van der Waals surface area contributed by atoms with Crippen molar-refractivity contribution in [2.75, 3.05) is 26.2 Å². The van der Waals surface area contributed by atoms with Crippen molar-refractivity contribution >= 4 is 11.8 Å². The fraction of sp³-hybridized carbons (Fsp3) is 0.600. The van der Waals surface area contributed by atoms with Crippen LogP contribution in [0.1, 0.15) is 46.2 Å². The van der Waals surface area contributed by atoms with Crippen molar-refractivity contribution in [3.05, 3.63) is 23.2 Å². The Labute approximate surface area is 123 Å². The Morgan fingerprint density at radius 1 is 1.57 bits per heavy atom. The summed E-state index contributed by atoms with van der Waals surface area (Å²) in [4.78, 5) is 26.5. The lowest BCUT2D eigenvalue weighted by Gasteiger charge is -2.16. The lowest BCUT2D eigenvalue weighted by atomic mass is 10.1. The summed E-state index contributed by atoms with van der Waals surface area (Å²) < 4.78 is 11.0. The highest BCUT2D eigenvalue weighted by atomic mass is 16.5. The highest BCUT2D eigenvalue weighted by Gasteiger charge is 2.32. The van der Waals surface area contributed by atoms with Crippen molar-refractivity contribution in [3.63, 3.8) is 0 Å². The van der Waals surface area contributed by atoms with Gasteiger partial charge in [0.1, 0.15) is 12.0 Å². The number of hydrogen-bond donors (Lipinski definition) is 1. The lowest BCUT2D eigenvalue weighted by molar-refractivity contribution is 0.0596. The summed E-state index contributed by atoms with van der Waals surface area (Å²) in [6.07, 6.45) is 3.87. The predicted octanol–water partition coefficient (Wildman–Crippen LogP) is 1.21. The number of furan rings is 1. The second kappa shape index (κ2) is 5.89. The molecule has 114 valence electrons. The minimum atomic E-state index is -0.208. The van der Waals surface area contributed by atoms with Crippen molar-refractivity contribution in [2.45, 2.75) is 32.3 Å². The van der Waals surface area contributed by atoms with Gasteiger partial charge in [0.15, 0.2) is 0 Å². The number of fused-ring (bicyclic) bond motifs is 1. The average Bonchev–Trinajstić information content (AvgIpc) is 3.06. The average molecular weight is 292 g/mol. The van der Waals surface area contributed by atoms with Crippen molar-refractivity contribution in [2.24, 2.45) is 0 Å². The first-order chi connectivity index (χ1) is 10.2. The van der Waals surface area contributed by atoms with E-state index in [1.54, 1.807) is 4.90 Å². The first-order valence-electron chi connectivity index (χ1n) is 7.50. The Morgan fingerprint density at radius 3 is 3.24 bits per heavy atom. The molecule has 2 aliphatic rings. The first kappa shape index (κ1) is 14.1. The molecular formula is C15H20N2O4. The second-order valence-corrected chi connectivity index (χ2v) is 5.42. The molecule has 6 nitrogen and oxygen atoms in total. The molecule has 1 atom stereocenters. The van der Waals surface area contributed by atoms with E-state index in [0.717, 1.165) is 12.8 Å². The summed E-state index contributed by atoms with van der Waals surface area (Å²) in [6, 6.07) is 0. The Bertz CT molecular complexity index is 552. The molecule has 6 heteroatoms. The van der Waals surface area contributed by atoms with Gasteiger partial charge in [-0.2, -0.15) is 0 Å². The van der Waals surface area contributed by atoms with Crippen LogP contribution >= 0.6 is 0 Å². The number of ether oxygens (including phenoxy) is 1. The molecule has 1 aromatic rings. The smallest absolute Gasteiger partial charge is 0.258 e. The van der Waals surface area contributed by atoms with E-state index in [2.05, 4.69) is 5.32 Å². The summed E-state index contributed by atoms with van der Waals surface area (Å²) >= 11 is 0. The van der Waals surface area contributed by atoms with Gasteiger partial charge in [-0.05, 0) is 19.8 Å². The number of nitrogens with one attached hydrogen (secondary N) is 1. The fourth-order valence-electron chi connectivity index (χ4n) is 2.98. The molecule has 0 aromatic carbocycles. The third kappa shape index (κ3) is 2.68. The molecule has 1 saturated heterocycles. The van der Waals surface area contributed by atoms with Crippen LogP contribution in [0.4, 0.5) is 0 Å². The van der Waals surface area contributed by atoms with Crippen LogP contribution in [0, 0.1) is 0 Å². The molecule has 0 aliphatic carbocycles. The zero-order chi connectivity index (χ0) is 14.8. The molecule has 0 bridgehead atoms. The topological polar surface area (TPSA) is 71.8 Å². The Hall–Kier alpha value is -1.82. The van der Waals surface area contributed by atoms with Crippen LogP contribution in [-0.2, 0) is 11.2 Å². The maximum absolute atomic E-state index is 12.6. The number of carbonyl (C=O) groups is 2. The van der Waals surface area contributed by atoms with E-state index in [1.807, 2.05) is 6.92 Å². The van der Waals surface area contributed by atoms with E-state index in [-0.39, 0.29) is 17.9 Å². The van der Waals surface area contributed by atoms with Gasteiger partial charge >= 0.3 is 0 Å². The zero-order valence-electron chi connectivity index (χ0n) is 12.2. The zero-order valence-corrected chi connectivity index (χ0v) is 12.2.